The minimum atomic E-state index is 0.0660. The third-order valence-corrected chi connectivity index (χ3v) is 3.77. The number of rotatable bonds is 8. The lowest BCUT2D eigenvalue weighted by Gasteiger charge is -2.23. The van der Waals surface area contributed by atoms with Crippen molar-refractivity contribution in [2.75, 3.05) is 32.1 Å². The molecular formula is C16H26BrN3O. The number of carbonyl (C=O) groups is 1. The van der Waals surface area contributed by atoms with E-state index in [2.05, 4.69) is 63.5 Å². The van der Waals surface area contributed by atoms with E-state index >= 15 is 0 Å². The summed E-state index contributed by atoms with van der Waals surface area (Å²) in [5, 5.41) is 6.13. The van der Waals surface area contributed by atoms with E-state index < -0.39 is 0 Å². The average molecular weight is 356 g/mol. The lowest BCUT2D eigenvalue weighted by atomic mass is 10.1. The molecule has 0 aromatic heterocycles. The van der Waals surface area contributed by atoms with Crippen LogP contribution in [0.2, 0.25) is 0 Å². The number of halogens is 1. The van der Waals surface area contributed by atoms with E-state index in [-0.39, 0.29) is 5.91 Å². The van der Waals surface area contributed by atoms with Gasteiger partial charge in [-0.1, -0.05) is 35.8 Å². The fourth-order valence-electron chi connectivity index (χ4n) is 2.05. The Kier molecular flexibility index (Phi) is 7.75. The van der Waals surface area contributed by atoms with Gasteiger partial charge in [-0.2, -0.15) is 0 Å². The maximum Gasteiger partial charge on any atom is 0.221 e. The highest BCUT2D eigenvalue weighted by Gasteiger charge is 2.10. The van der Waals surface area contributed by atoms with Crippen LogP contribution in [0.4, 0.5) is 5.69 Å². The Morgan fingerprint density at radius 2 is 2.10 bits per heavy atom. The lowest BCUT2D eigenvalue weighted by molar-refractivity contribution is -0.120. The molecule has 1 aromatic carbocycles. The summed E-state index contributed by atoms with van der Waals surface area (Å²) in [7, 11) is 3.69. The smallest absolute Gasteiger partial charge is 0.221 e. The van der Waals surface area contributed by atoms with Gasteiger partial charge in [0.05, 0.1) is 0 Å². The first kappa shape index (κ1) is 18.0. The summed E-state index contributed by atoms with van der Waals surface area (Å²) in [6, 6.07) is 6.29. The Morgan fingerprint density at radius 1 is 1.38 bits per heavy atom. The first-order valence-electron chi connectivity index (χ1n) is 7.35. The summed E-state index contributed by atoms with van der Waals surface area (Å²) in [6.45, 7) is 6.94. The van der Waals surface area contributed by atoms with Gasteiger partial charge in [0.25, 0.3) is 0 Å². The summed E-state index contributed by atoms with van der Waals surface area (Å²) in [4.78, 5) is 13.5. The Labute approximate surface area is 136 Å². The Bertz CT molecular complexity index is 463. The van der Waals surface area contributed by atoms with Crippen LogP contribution in [-0.2, 0) is 11.3 Å². The van der Waals surface area contributed by atoms with Crippen molar-refractivity contribution in [3.8, 4) is 0 Å². The largest absolute Gasteiger partial charge is 0.374 e. The molecule has 0 aliphatic rings. The van der Waals surface area contributed by atoms with Crippen molar-refractivity contribution in [2.24, 2.45) is 5.92 Å². The summed E-state index contributed by atoms with van der Waals surface area (Å²) >= 11 is 3.52. The van der Waals surface area contributed by atoms with Gasteiger partial charge in [-0.15, -0.1) is 0 Å². The number of amides is 1. The van der Waals surface area contributed by atoms with Crippen LogP contribution in [0.25, 0.3) is 0 Å². The number of benzene rings is 1. The van der Waals surface area contributed by atoms with E-state index in [9.17, 15) is 4.79 Å². The SMILES string of the molecule is CNC(=O)CCN(C)c1cc(Br)ccc1CNCC(C)C. The first-order valence-corrected chi connectivity index (χ1v) is 8.14. The van der Waals surface area contributed by atoms with Crippen LogP contribution in [0.5, 0.6) is 0 Å². The molecule has 118 valence electrons. The molecule has 0 aliphatic heterocycles. The van der Waals surface area contributed by atoms with Gasteiger partial charge >= 0.3 is 0 Å². The molecule has 0 saturated heterocycles. The molecule has 1 aromatic rings. The predicted octanol–water partition coefficient (Wildman–Crippen LogP) is 2.77. The van der Waals surface area contributed by atoms with Crippen LogP contribution in [0, 0.1) is 5.92 Å². The zero-order chi connectivity index (χ0) is 15.8. The quantitative estimate of drug-likeness (QED) is 0.753. The molecule has 0 bridgehead atoms. The monoisotopic (exact) mass is 355 g/mol. The van der Waals surface area contributed by atoms with Crippen molar-refractivity contribution in [2.45, 2.75) is 26.8 Å². The molecule has 21 heavy (non-hydrogen) atoms. The Morgan fingerprint density at radius 3 is 2.71 bits per heavy atom. The molecule has 0 atom stereocenters. The van der Waals surface area contributed by atoms with Gasteiger partial charge in [-0.3, -0.25) is 4.79 Å². The second-order valence-corrected chi connectivity index (χ2v) is 6.56. The van der Waals surface area contributed by atoms with Crippen LogP contribution in [0.3, 0.4) is 0 Å². The molecule has 2 N–H and O–H groups in total. The highest BCUT2D eigenvalue weighted by Crippen LogP contribution is 2.24. The van der Waals surface area contributed by atoms with Crippen molar-refractivity contribution in [1.29, 1.82) is 0 Å². The molecule has 0 radical (unpaired) electrons. The molecule has 1 amide bonds. The summed E-state index contributed by atoms with van der Waals surface area (Å²) < 4.78 is 1.05. The number of anilines is 1. The minimum absolute atomic E-state index is 0.0660. The van der Waals surface area contributed by atoms with E-state index in [0.717, 1.165) is 23.2 Å². The zero-order valence-electron chi connectivity index (χ0n) is 13.4. The molecule has 1 rings (SSSR count). The second-order valence-electron chi connectivity index (χ2n) is 5.64. The van der Waals surface area contributed by atoms with Crippen LogP contribution in [0.15, 0.2) is 22.7 Å². The van der Waals surface area contributed by atoms with Gasteiger partial charge in [0.15, 0.2) is 0 Å². The van der Waals surface area contributed by atoms with Gasteiger partial charge < -0.3 is 15.5 Å². The van der Waals surface area contributed by atoms with Crippen molar-refractivity contribution in [3.63, 3.8) is 0 Å². The number of nitrogens with one attached hydrogen (secondary N) is 2. The fraction of sp³-hybridized carbons (Fsp3) is 0.562. The highest BCUT2D eigenvalue weighted by molar-refractivity contribution is 9.10. The molecular weight excluding hydrogens is 330 g/mol. The topological polar surface area (TPSA) is 44.4 Å². The molecule has 0 spiro atoms. The standard InChI is InChI=1S/C16H26BrN3O/c1-12(2)10-19-11-13-5-6-14(17)9-15(13)20(4)8-7-16(21)18-3/h5-6,9,12,19H,7-8,10-11H2,1-4H3,(H,18,21). The zero-order valence-corrected chi connectivity index (χ0v) is 15.0. The lowest BCUT2D eigenvalue weighted by Crippen LogP contribution is -2.28. The highest BCUT2D eigenvalue weighted by atomic mass is 79.9. The molecule has 0 heterocycles. The van der Waals surface area contributed by atoms with Gasteiger partial charge in [-0.25, -0.2) is 0 Å². The molecule has 0 unspecified atom stereocenters. The van der Waals surface area contributed by atoms with Crippen LogP contribution < -0.4 is 15.5 Å². The van der Waals surface area contributed by atoms with Crippen LogP contribution in [-0.4, -0.2) is 33.1 Å². The molecule has 5 heteroatoms. The molecule has 0 fully saturated rings. The normalized spacial score (nSPS) is 10.8. The van der Waals surface area contributed by atoms with Gasteiger partial charge in [0, 0.05) is 43.8 Å². The van der Waals surface area contributed by atoms with Crippen LogP contribution in [0.1, 0.15) is 25.8 Å². The molecule has 0 aliphatic carbocycles. The minimum Gasteiger partial charge on any atom is -0.374 e. The molecule has 4 nitrogen and oxygen atoms in total. The third kappa shape index (κ3) is 6.48. The number of hydrogen-bond donors (Lipinski definition) is 2. The predicted molar refractivity (Wildman–Crippen MR) is 92.6 cm³/mol. The van der Waals surface area contributed by atoms with E-state index in [1.165, 1.54) is 5.56 Å². The summed E-state index contributed by atoms with van der Waals surface area (Å²) in [6.07, 6.45) is 0.498. The number of nitrogens with zero attached hydrogens (tertiary/aromatic N) is 1. The van der Waals surface area contributed by atoms with Gasteiger partial charge in [-0.05, 0) is 30.2 Å². The van der Waals surface area contributed by atoms with E-state index in [0.29, 0.717) is 18.9 Å². The number of hydrogen-bond acceptors (Lipinski definition) is 3. The number of carbonyl (C=O) groups excluding carboxylic acids is 1. The van der Waals surface area contributed by atoms with Crippen molar-refractivity contribution in [3.05, 3.63) is 28.2 Å². The first-order chi connectivity index (χ1) is 9.93. The maximum absolute atomic E-state index is 11.4. The molecule has 0 saturated carbocycles. The Balaban J connectivity index is 2.73. The van der Waals surface area contributed by atoms with Gasteiger partial charge in [0.1, 0.15) is 0 Å². The van der Waals surface area contributed by atoms with Crippen molar-refractivity contribution < 1.29 is 4.79 Å². The van der Waals surface area contributed by atoms with Crippen molar-refractivity contribution >= 4 is 27.5 Å². The van der Waals surface area contributed by atoms with Gasteiger partial charge in [0.2, 0.25) is 5.91 Å². The summed E-state index contributed by atoms with van der Waals surface area (Å²) in [5.74, 6) is 0.700. The maximum atomic E-state index is 11.4. The van der Waals surface area contributed by atoms with E-state index in [1.807, 2.05) is 7.05 Å². The van der Waals surface area contributed by atoms with Crippen LogP contribution >= 0.6 is 15.9 Å². The second kappa shape index (κ2) is 9.05. The summed E-state index contributed by atoms with van der Waals surface area (Å²) in [5.41, 5.74) is 2.41. The van der Waals surface area contributed by atoms with Crippen molar-refractivity contribution in [1.82, 2.24) is 10.6 Å². The average Bonchev–Trinajstić information content (AvgIpc) is 2.45. The van der Waals surface area contributed by atoms with E-state index in [1.54, 1.807) is 7.05 Å². The Hall–Kier alpha value is -1.07. The fourth-order valence-corrected chi connectivity index (χ4v) is 2.40. The third-order valence-electron chi connectivity index (χ3n) is 3.28. The van der Waals surface area contributed by atoms with E-state index in [4.69, 9.17) is 0 Å².